The van der Waals surface area contributed by atoms with Gasteiger partial charge in [0.05, 0.1) is 18.4 Å². The Hall–Kier alpha value is -2.58. The van der Waals surface area contributed by atoms with Gasteiger partial charge in [-0.3, -0.25) is 14.3 Å². The Morgan fingerprint density at radius 2 is 2.14 bits per heavy atom. The van der Waals surface area contributed by atoms with E-state index in [-0.39, 0.29) is 17.2 Å². The molecule has 29 heavy (non-hydrogen) atoms. The minimum Gasteiger partial charge on any atom is -0.372 e. The third kappa shape index (κ3) is 4.23. The zero-order chi connectivity index (χ0) is 20.4. The van der Waals surface area contributed by atoms with Crippen LogP contribution in [-0.4, -0.2) is 34.2 Å². The molecule has 0 amide bonds. The standard InChI is InChI=1S/C21H20BrFN4O2/c1-26-20(28)11-18(16-6-7-24-12-17(16)23)25-21(26)27-8-3-9-29-19(13-27)14-4-2-5-15(22)10-14/h2,4-7,10-12,19H,3,8-9,13H2,1H3/t19-/m1/s1. The summed E-state index contributed by atoms with van der Waals surface area (Å²) in [7, 11) is 1.68. The third-order valence-electron chi connectivity index (χ3n) is 4.94. The fourth-order valence-corrected chi connectivity index (χ4v) is 3.86. The smallest absolute Gasteiger partial charge is 0.255 e. The molecule has 150 valence electrons. The molecule has 1 fully saturated rings. The maximum Gasteiger partial charge on any atom is 0.255 e. The highest BCUT2D eigenvalue weighted by Gasteiger charge is 2.24. The monoisotopic (exact) mass is 458 g/mol. The molecule has 8 heteroatoms. The number of pyridine rings is 1. The Bertz CT molecular complexity index is 1090. The number of benzene rings is 1. The van der Waals surface area contributed by atoms with E-state index in [4.69, 9.17) is 4.74 Å². The maximum absolute atomic E-state index is 14.2. The normalized spacial score (nSPS) is 17.2. The number of ether oxygens (including phenoxy) is 1. The minimum atomic E-state index is -0.509. The summed E-state index contributed by atoms with van der Waals surface area (Å²) >= 11 is 3.50. The second kappa shape index (κ2) is 8.42. The van der Waals surface area contributed by atoms with E-state index in [2.05, 4.69) is 25.9 Å². The number of halogens is 2. The maximum atomic E-state index is 14.2. The van der Waals surface area contributed by atoms with Crippen LogP contribution in [0.3, 0.4) is 0 Å². The number of hydrogen-bond acceptors (Lipinski definition) is 5. The zero-order valence-corrected chi connectivity index (χ0v) is 17.5. The van der Waals surface area contributed by atoms with Crippen molar-refractivity contribution in [1.29, 1.82) is 0 Å². The van der Waals surface area contributed by atoms with Crippen LogP contribution in [0.2, 0.25) is 0 Å². The highest BCUT2D eigenvalue weighted by molar-refractivity contribution is 9.10. The molecule has 1 saturated heterocycles. The van der Waals surface area contributed by atoms with Gasteiger partial charge in [0.1, 0.15) is 6.10 Å². The van der Waals surface area contributed by atoms with Crippen molar-refractivity contribution in [2.24, 2.45) is 7.05 Å². The second-order valence-electron chi connectivity index (χ2n) is 6.91. The van der Waals surface area contributed by atoms with Crippen LogP contribution in [0, 0.1) is 5.82 Å². The van der Waals surface area contributed by atoms with Gasteiger partial charge in [-0.05, 0) is 30.2 Å². The van der Waals surface area contributed by atoms with Gasteiger partial charge in [0, 0.05) is 42.5 Å². The van der Waals surface area contributed by atoms with E-state index in [9.17, 15) is 9.18 Å². The number of nitrogens with zero attached hydrogens (tertiary/aromatic N) is 4. The van der Waals surface area contributed by atoms with E-state index in [1.165, 1.54) is 22.9 Å². The topological polar surface area (TPSA) is 60.2 Å². The summed E-state index contributed by atoms with van der Waals surface area (Å²) in [6, 6.07) is 10.9. The molecule has 1 aliphatic rings. The first-order valence-corrected chi connectivity index (χ1v) is 10.1. The SMILES string of the molecule is Cn1c(N2CCCO[C@@H](c3cccc(Br)c3)C2)nc(-c2ccncc2F)cc1=O. The highest BCUT2D eigenvalue weighted by Crippen LogP contribution is 2.27. The number of hydrogen-bond donors (Lipinski definition) is 0. The van der Waals surface area contributed by atoms with Crippen LogP contribution < -0.4 is 10.5 Å². The quantitative estimate of drug-likeness (QED) is 0.598. The minimum absolute atomic E-state index is 0.159. The molecule has 3 aromatic rings. The molecule has 0 radical (unpaired) electrons. The van der Waals surface area contributed by atoms with Gasteiger partial charge in [-0.25, -0.2) is 9.37 Å². The van der Waals surface area contributed by atoms with Crippen molar-refractivity contribution in [3.05, 3.63) is 75.0 Å². The second-order valence-corrected chi connectivity index (χ2v) is 7.82. The van der Waals surface area contributed by atoms with Gasteiger partial charge >= 0.3 is 0 Å². The molecule has 0 bridgehead atoms. The van der Waals surface area contributed by atoms with Crippen LogP contribution in [0.25, 0.3) is 11.3 Å². The average molecular weight is 459 g/mol. The number of anilines is 1. The Morgan fingerprint density at radius 3 is 2.93 bits per heavy atom. The molecule has 6 nitrogen and oxygen atoms in total. The van der Waals surface area contributed by atoms with Gasteiger partial charge < -0.3 is 9.64 Å². The zero-order valence-electron chi connectivity index (χ0n) is 15.9. The number of rotatable bonds is 3. The van der Waals surface area contributed by atoms with Crippen LogP contribution in [0.15, 0.2) is 58.1 Å². The van der Waals surface area contributed by atoms with Crippen molar-refractivity contribution in [2.75, 3.05) is 24.6 Å². The fraction of sp³-hybridized carbons (Fsp3) is 0.286. The van der Waals surface area contributed by atoms with Gasteiger partial charge in [0.15, 0.2) is 5.82 Å². The van der Waals surface area contributed by atoms with Crippen molar-refractivity contribution in [1.82, 2.24) is 14.5 Å². The first-order valence-electron chi connectivity index (χ1n) is 9.33. The molecule has 0 saturated carbocycles. The summed E-state index contributed by atoms with van der Waals surface area (Å²) in [5.74, 6) is -0.0142. The molecular formula is C21H20BrFN4O2. The molecule has 0 N–H and O–H groups in total. The van der Waals surface area contributed by atoms with Crippen molar-refractivity contribution in [2.45, 2.75) is 12.5 Å². The predicted molar refractivity (Wildman–Crippen MR) is 112 cm³/mol. The summed E-state index contributed by atoms with van der Waals surface area (Å²) < 4.78 is 22.7. The van der Waals surface area contributed by atoms with Crippen molar-refractivity contribution in [3.8, 4) is 11.3 Å². The molecule has 4 rings (SSSR count). The largest absolute Gasteiger partial charge is 0.372 e. The third-order valence-corrected chi connectivity index (χ3v) is 5.43. The molecule has 0 unspecified atom stereocenters. The fourth-order valence-electron chi connectivity index (χ4n) is 3.45. The lowest BCUT2D eigenvalue weighted by Gasteiger charge is -2.27. The van der Waals surface area contributed by atoms with Gasteiger partial charge in [-0.1, -0.05) is 28.1 Å². The lowest BCUT2D eigenvalue weighted by molar-refractivity contribution is 0.0685. The average Bonchev–Trinajstić information content (AvgIpc) is 2.97. The van der Waals surface area contributed by atoms with Crippen LogP contribution in [0.1, 0.15) is 18.1 Å². The molecule has 1 atom stereocenters. The Balaban J connectivity index is 1.73. The summed E-state index contributed by atoms with van der Waals surface area (Å²) in [6.07, 6.45) is 3.25. The molecule has 1 aliphatic heterocycles. The first-order chi connectivity index (χ1) is 14.0. The molecule has 3 heterocycles. The van der Waals surface area contributed by atoms with Crippen LogP contribution in [0.5, 0.6) is 0 Å². The van der Waals surface area contributed by atoms with Crippen molar-refractivity contribution >= 4 is 21.9 Å². The molecular weight excluding hydrogens is 439 g/mol. The molecule has 2 aromatic heterocycles. The van der Waals surface area contributed by atoms with E-state index in [1.54, 1.807) is 7.05 Å². The highest BCUT2D eigenvalue weighted by atomic mass is 79.9. The summed E-state index contributed by atoms with van der Waals surface area (Å²) in [5.41, 5.74) is 1.36. The number of aromatic nitrogens is 3. The van der Waals surface area contributed by atoms with Gasteiger partial charge in [0.25, 0.3) is 5.56 Å². The van der Waals surface area contributed by atoms with E-state index >= 15 is 0 Å². The van der Waals surface area contributed by atoms with E-state index in [0.717, 1.165) is 22.7 Å². The van der Waals surface area contributed by atoms with E-state index in [0.29, 0.717) is 31.3 Å². The van der Waals surface area contributed by atoms with Crippen molar-refractivity contribution in [3.63, 3.8) is 0 Å². The van der Waals surface area contributed by atoms with Crippen molar-refractivity contribution < 1.29 is 9.13 Å². The van der Waals surface area contributed by atoms with Crippen LogP contribution in [0.4, 0.5) is 10.3 Å². The Labute approximate surface area is 176 Å². The van der Waals surface area contributed by atoms with Crippen LogP contribution >= 0.6 is 15.9 Å². The predicted octanol–water partition coefficient (Wildman–Crippen LogP) is 3.71. The Kier molecular flexibility index (Phi) is 5.73. The molecule has 0 spiro atoms. The Morgan fingerprint density at radius 1 is 1.28 bits per heavy atom. The lowest BCUT2D eigenvalue weighted by Crippen LogP contribution is -2.34. The van der Waals surface area contributed by atoms with Gasteiger partial charge in [-0.15, -0.1) is 0 Å². The summed E-state index contributed by atoms with van der Waals surface area (Å²) in [5, 5.41) is 0. The van der Waals surface area contributed by atoms with E-state index < -0.39 is 5.82 Å². The van der Waals surface area contributed by atoms with Crippen LogP contribution in [-0.2, 0) is 11.8 Å². The van der Waals surface area contributed by atoms with E-state index in [1.807, 2.05) is 29.2 Å². The summed E-state index contributed by atoms with van der Waals surface area (Å²) in [6.45, 7) is 1.84. The van der Waals surface area contributed by atoms with Gasteiger partial charge in [0.2, 0.25) is 5.95 Å². The molecule has 1 aromatic carbocycles. The first kappa shape index (κ1) is 19.7. The lowest BCUT2D eigenvalue weighted by atomic mass is 10.1. The molecule has 0 aliphatic carbocycles. The van der Waals surface area contributed by atoms with Gasteiger partial charge in [-0.2, -0.15) is 0 Å². The summed E-state index contributed by atoms with van der Waals surface area (Å²) in [4.78, 5) is 23.0.